The largest absolute Gasteiger partial charge is 0.507 e. The molecule has 3 aromatic carbocycles. The monoisotopic (exact) mass is 331 g/mol. The lowest BCUT2D eigenvalue weighted by Crippen LogP contribution is -1.88. The summed E-state index contributed by atoms with van der Waals surface area (Å²) in [6.45, 7) is 1.80. The van der Waals surface area contributed by atoms with Crippen LogP contribution in [0.15, 0.2) is 65.1 Å². The Labute approximate surface area is 145 Å². The van der Waals surface area contributed by atoms with E-state index in [0.717, 1.165) is 22.3 Å². The highest BCUT2D eigenvalue weighted by atomic mass is 16.3. The maximum atomic E-state index is 9.89. The van der Waals surface area contributed by atoms with Crippen LogP contribution in [0.4, 0.5) is 0 Å². The summed E-state index contributed by atoms with van der Waals surface area (Å²) in [7, 11) is 0. The third-order valence-corrected chi connectivity index (χ3v) is 4.41. The molecule has 2 N–H and O–H groups in total. The first-order valence-electron chi connectivity index (χ1n) is 8.06. The molecule has 0 saturated carbocycles. The predicted molar refractivity (Wildman–Crippen MR) is 97.2 cm³/mol. The highest BCUT2D eigenvalue weighted by Crippen LogP contribution is 2.34. The fourth-order valence-corrected chi connectivity index (χ4v) is 3.05. The second-order valence-corrected chi connectivity index (χ2v) is 5.97. The van der Waals surface area contributed by atoms with E-state index in [2.05, 4.69) is 23.2 Å². The molecule has 4 rings (SSSR count). The third kappa shape index (κ3) is 2.66. The molecule has 1 heterocycles. The molecule has 0 radical (unpaired) electrons. The van der Waals surface area contributed by atoms with Crippen molar-refractivity contribution in [3.05, 3.63) is 71.8 Å². The molecule has 4 aromatic rings. The van der Waals surface area contributed by atoms with Crippen molar-refractivity contribution in [2.24, 2.45) is 0 Å². The van der Waals surface area contributed by atoms with Crippen LogP contribution in [0.1, 0.15) is 11.1 Å². The van der Waals surface area contributed by atoms with Crippen LogP contribution in [0.3, 0.4) is 0 Å². The summed E-state index contributed by atoms with van der Waals surface area (Å²) >= 11 is 0. The van der Waals surface area contributed by atoms with Crippen LogP contribution >= 0.6 is 0 Å². The predicted octanol–water partition coefficient (Wildman–Crippen LogP) is 4.67. The molecule has 25 heavy (non-hydrogen) atoms. The van der Waals surface area contributed by atoms with Gasteiger partial charge in [-0.2, -0.15) is 0 Å². The number of aromatic hydroxyl groups is 1. The minimum Gasteiger partial charge on any atom is -0.507 e. The van der Waals surface area contributed by atoms with Crippen molar-refractivity contribution in [1.82, 2.24) is 4.98 Å². The Morgan fingerprint density at radius 3 is 2.48 bits per heavy atom. The molecule has 0 amide bonds. The minimum absolute atomic E-state index is 0.00691. The summed E-state index contributed by atoms with van der Waals surface area (Å²) in [5.74, 6) is 0.507. The molecule has 1 aromatic heterocycles. The van der Waals surface area contributed by atoms with Crippen LogP contribution in [0, 0.1) is 6.92 Å². The first-order chi connectivity index (χ1) is 12.2. The number of aliphatic hydroxyl groups is 1. The fourth-order valence-electron chi connectivity index (χ4n) is 3.05. The standard InChI is InChI=1S/C21H17NO3/c1-13-16(14-6-3-2-4-7-14)8-5-9-17(13)21-22-18-10-15(12-23)19(24)11-20(18)25-21/h2-11,23-24H,12H2,1H3. The minimum atomic E-state index is -0.244. The maximum Gasteiger partial charge on any atom is 0.227 e. The molecule has 0 atom stereocenters. The molecular formula is C21H17NO3. The van der Waals surface area contributed by atoms with Gasteiger partial charge >= 0.3 is 0 Å². The van der Waals surface area contributed by atoms with Gasteiger partial charge in [-0.1, -0.05) is 42.5 Å². The highest BCUT2D eigenvalue weighted by Gasteiger charge is 2.15. The van der Waals surface area contributed by atoms with E-state index in [1.165, 1.54) is 6.07 Å². The van der Waals surface area contributed by atoms with Gasteiger partial charge in [0.15, 0.2) is 5.58 Å². The molecule has 0 aliphatic heterocycles. The zero-order valence-corrected chi connectivity index (χ0v) is 13.7. The zero-order chi connectivity index (χ0) is 17.4. The number of nitrogens with zero attached hydrogens (tertiary/aromatic N) is 1. The van der Waals surface area contributed by atoms with Gasteiger partial charge in [-0.05, 0) is 35.7 Å². The number of rotatable bonds is 3. The van der Waals surface area contributed by atoms with E-state index in [0.29, 0.717) is 22.6 Å². The van der Waals surface area contributed by atoms with Gasteiger partial charge < -0.3 is 14.6 Å². The van der Waals surface area contributed by atoms with Crippen LogP contribution in [0.2, 0.25) is 0 Å². The normalized spacial score (nSPS) is 11.1. The number of hydrogen-bond donors (Lipinski definition) is 2. The number of phenols is 1. The quantitative estimate of drug-likeness (QED) is 0.572. The summed E-state index contributed by atoms with van der Waals surface area (Å²) in [5, 5.41) is 19.2. The number of benzene rings is 3. The second-order valence-electron chi connectivity index (χ2n) is 5.97. The fraction of sp³-hybridized carbons (Fsp3) is 0.0952. The molecule has 0 spiro atoms. The van der Waals surface area contributed by atoms with Crippen molar-refractivity contribution in [2.45, 2.75) is 13.5 Å². The highest BCUT2D eigenvalue weighted by molar-refractivity contribution is 5.81. The molecule has 0 saturated heterocycles. The van der Waals surface area contributed by atoms with Crippen molar-refractivity contribution < 1.29 is 14.6 Å². The van der Waals surface area contributed by atoms with E-state index in [4.69, 9.17) is 4.42 Å². The van der Waals surface area contributed by atoms with Crippen molar-refractivity contribution >= 4 is 11.1 Å². The van der Waals surface area contributed by atoms with E-state index in [-0.39, 0.29) is 12.4 Å². The van der Waals surface area contributed by atoms with Gasteiger partial charge in [0.05, 0.1) is 6.61 Å². The van der Waals surface area contributed by atoms with Crippen molar-refractivity contribution in [3.63, 3.8) is 0 Å². The Bertz CT molecular complexity index is 1050. The van der Waals surface area contributed by atoms with Crippen molar-refractivity contribution in [2.75, 3.05) is 0 Å². The number of aromatic nitrogens is 1. The lowest BCUT2D eigenvalue weighted by molar-refractivity contribution is 0.275. The molecular weight excluding hydrogens is 314 g/mol. The van der Waals surface area contributed by atoms with Crippen molar-refractivity contribution in [1.29, 1.82) is 0 Å². The molecule has 0 fully saturated rings. The molecule has 0 aliphatic rings. The van der Waals surface area contributed by atoms with Crippen LogP contribution < -0.4 is 0 Å². The van der Waals surface area contributed by atoms with E-state index >= 15 is 0 Å². The lowest BCUT2D eigenvalue weighted by atomic mass is 9.96. The number of hydrogen-bond acceptors (Lipinski definition) is 4. The van der Waals surface area contributed by atoms with Crippen molar-refractivity contribution in [3.8, 4) is 28.3 Å². The summed E-state index contributed by atoms with van der Waals surface area (Å²) in [6, 6.07) is 19.3. The Morgan fingerprint density at radius 1 is 0.960 bits per heavy atom. The molecule has 0 unspecified atom stereocenters. The van der Waals surface area contributed by atoms with Gasteiger partial charge in [0, 0.05) is 17.2 Å². The molecule has 124 valence electrons. The Balaban J connectivity index is 1.86. The molecule has 4 heteroatoms. The Hall–Kier alpha value is -3.11. The van der Waals surface area contributed by atoms with Crippen LogP contribution in [0.25, 0.3) is 33.7 Å². The van der Waals surface area contributed by atoms with E-state index in [9.17, 15) is 10.2 Å². The number of aliphatic hydroxyl groups excluding tert-OH is 1. The zero-order valence-electron chi connectivity index (χ0n) is 13.7. The third-order valence-electron chi connectivity index (χ3n) is 4.41. The molecule has 0 aliphatic carbocycles. The first kappa shape index (κ1) is 15.4. The van der Waals surface area contributed by atoms with Gasteiger partial charge in [-0.3, -0.25) is 0 Å². The summed E-state index contributed by atoms with van der Waals surface area (Å²) < 4.78 is 5.85. The average Bonchev–Trinajstić information content (AvgIpc) is 3.04. The van der Waals surface area contributed by atoms with Gasteiger partial charge in [0.25, 0.3) is 0 Å². The first-order valence-corrected chi connectivity index (χ1v) is 8.06. The number of fused-ring (bicyclic) bond motifs is 1. The van der Waals surface area contributed by atoms with Gasteiger partial charge in [-0.25, -0.2) is 4.98 Å². The lowest BCUT2D eigenvalue weighted by Gasteiger charge is -2.09. The summed E-state index contributed by atoms with van der Waals surface area (Å²) in [6.07, 6.45) is 0. The number of oxazole rings is 1. The smallest absolute Gasteiger partial charge is 0.227 e. The molecule has 0 bridgehead atoms. The summed E-state index contributed by atoms with van der Waals surface area (Å²) in [5.41, 5.74) is 5.78. The van der Waals surface area contributed by atoms with Gasteiger partial charge in [0.2, 0.25) is 5.89 Å². The second kappa shape index (κ2) is 6.07. The molecule has 4 nitrogen and oxygen atoms in total. The van der Waals surface area contributed by atoms with E-state index in [1.54, 1.807) is 6.07 Å². The Morgan fingerprint density at radius 2 is 1.72 bits per heavy atom. The van der Waals surface area contributed by atoms with Gasteiger partial charge in [-0.15, -0.1) is 0 Å². The van der Waals surface area contributed by atoms with Crippen LogP contribution in [-0.4, -0.2) is 15.2 Å². The Kier molecular flexibility index (Phi) is 3.75. The maximum absolute atomic E-state index is 9.89. The average molecular weight is 331 g/mol. The van der Waals surface area contributed by atoms with Crippen LogP contribution in [-0.2, 0) is 6.61 Å². The topological polar surface area (TPSA) is 66.5 Å². The van der Waals surface area contributed by atoms with E-state index in [1.807, 2.05) is 37.3 Å². The summed E-state index contributed by atoms with van der Waals surface area (Å²) in [4.78, 5) is 4.54. The van der Waals surface area contributed by atoms with Gasteiger partial charge in [0.1, 0.15) is 11.3 Å². The van der Waals surface area contributed by atoms with Crippen LogP contribution in [0.5, 0.6) is 5.75 Å². The SMILES string of the molecule is Cc1c(-c2ccccc2)cccc1-c1nc2cc(CO)c(O)cc2o1. The van der Waals surface area contributed by atoms with E-state index < -0.39 is 0 Å².